The van der Waals surface area contributed by atoms with Gasteiger partial charge in [0.25, 0.3) is 0 Å². The van der Waals surface area contributed by atoms with Crippen LogP contribution in [0.4, 0.5) is 0 Å². The highest BCUT2D eigenvalue weighted by molar-refractivity contribution is 5.82. The van der Waals surface area contributed by atoms with E-state index < -0.39 is 0 Å². The Hall–Kier alpha value is -2.35. The second-order valence-corrected chi connectivity index (χ2v) is 4.95. The Balaban J connectivity index is 1.93. The zero-order valence-corrected chi connectivity index (χ0v) is 11.7. The van der Waals surface area contributed by atoms with Gasteiger partial charge in [0.1, 0.15) is 11.9 Å². The van der Waals surface area contributed by atoms with Crippen molar-refractivity contribution in [1.29, 1.82) is 0 Å². The van der Waals surface area contributed by atoms with Crippen LogP contribution in [0, 0.1) is 6.92 Å². The van der Waals surface area contributed by atoms with Crippen LogP contribution in [-0.4, -0.2) is 4.98 Å². The summed E-state index contributed by atoms with van der Waals surface area (Å²) in [5.74, 6) is 0.868. The van der Waals surface area contributed by atoms with E-state index in [0.717, 1.165) is 17.0 Å². The van der Waals surface area contributed by atoms with Gasteiger partial charge in [0, 0.05) is 5.39 Å². The van der Waals surface area contributed by atoms with Crippen LogP contribution in [-0.2, 0) is 0 Å². The quantitative estimate of drug-likeness (QED) is 0.684. The Labute approximate surface area is 119 Å². The summed E-state index contributed by atoms with van der Waals surface area (Å²) in [6.07, 6.45) is -0.0688. The number of aryl methyl sites for hydroxylation is 1. The lowest BCUT2D eigenvalue weighted by atomic mass is 10.1. The van der Waals surface area contributed by atoms with Gasteiger partial charge in [0.15, 0.2) is 0 Å². The summed E-state index contributed by atoms with van der Waals surface area (Å²) in [6, 6.07) is 20.2. The molecule has 3 rings (SSSR count). The van der Waals surface area contributed by atoms with Crippen LogP contribution in [0.15, 0.2) is 60.7 Å². The molecule has 100 valence electrons. The first-order valence-corrected chi connectivity index (χ1v) is 6.82. The smallest absolute Gasteiger partial charge is 0.138 e. The number of hydrogen-bond donors (Lipinski definition) is 0. The molecule has 1 aromatic heterocycles. The average Bonchev–Trinajstić information content (AvgIpc) is 2.48. The fourth-order valence-electron chi connectivity index (χ4n) is 2.35. The van der Waals surface area contributed by atoms with Gasteiger partial charge in [-0.1, -0.05) is 36.4 Å². The van der Waals surface area contributed by atoms with E-state index >= 15 is 0 Å². The maximum Gasteiger partial charge on any atom is 0.138 e. The van der Waals surface area contributed by atoms with Crippen LogP contribution in [0.5, 0.6) is 5.75 Å². The van der Waals surface area contributed by atoms with Crippen LogP contribution in [0.25, 0.3) is 10.9 Å². The first kappa shape index (κ1) is 12.7. The highest BCUT2D eigenvalue weighted by atomic mass is 16.5. The number of ether oxygens (including phenoxy) is 1. The molecule has 0 bridgehead atoms. The zero-order valence-electron chi connectivity index (χ0n) is 11.7. The molecule has 0 aliphatic rings. The van der Waals surface area contributed by atoms with Crippen molar-refractivity contribution in [3.05, 3.63) is 71.9 Å². The van der Waals surface area contributed by atoms with E-state index in [-0.39, 0.29) is 6.10 Å². The Morgan fingerprint density at radius 2 is 1.65 bits per heavy atom. The zero-order chi connectivity index (χ0) is 13.9. The summed E-state index contributed by atoms with van der Waals surface area (Å²) < 4.78 is 5.94. The van der Waals surface area contributed by atoms with Crippen molar-refractivity contribution >= 4 is 10.9 Å². The fourth-order valence-corrected chi connectivity index (χ4v) is 2.35. The standard InChI is InChI=1S/C18H17NO/c1-13-12-18(19-17-11-7-6-10-16(13)17)14(2)20-15-8-4-3-5-9-15/h3-12,14H,1-2H3. The molecule has 0 saturated carbocycles. The van der Waals surface area contributed by atoms with Gasteiger partial charge in [-0.05, 0) is 43.7 Å². The van der Waals surface area contributed by atoms with Gasteiger partial charge in [0.2, 0.25) is 0 Å². The minimum atomic E-state index is -0.0688. The molecule has 1 heterocycles. The second kappa shape index (κ2) is 5.33. The van der Waals surface area contributed by atoms with Crippen LogP contribution in [0.1, 0.15) is 24.3 Å². The maximum atomic E-state index is 5.94. The van der Waals surface area contributed by atoms with Crippen molar-refractivity contribution in [3.63, 3.8) is 0 Å². The molecule has 2 nitrogen and oxygen atoms in total. The summed E-state index contributed by atoms with van der Waals surface area (Å²) in [5.41, 5.74) is 3.21. The molecule has 0 fully saturated rings. The fraction of sp³-hybridized carbons (Fsp3) is 0.167. The summed E-state index contributed by atoms with van der Waals surface area (Å²) in [7, 11) is 0. The third-order valence-electron chi connectivity index (χ3n) is 3.42. The van der Waals surface area contributed by atoms with Crippen molar-refractivity contribution in [2.45, 2.75) is 20.0 Å². The Kier molecular flexibility index (Phi) is 3.38. The minimum absolute atomic E-state index is 0.0688. The summed E-state index contributed by atoms with van der Waals surface area (Å²) in [5, 5.41) is 1.20. The van der Waals surface area contributed by atoms with Gasteiger partial charge in [-0.2, -0.15) is 0 Å². The van der Waals surface area contributed by atoms with Crippen molar-refractivity contribution in [3.8, 4) is 5.75 Å². The highest BCUT2D eigenvalue weighted by Crippen LogP contribution is 2.24. The van der Waals surface area contributed by atoms with Gasteiger partial charge >= 0.3 is 0 Å². The molecule has 0 spiro atoms. The Morgan fingerprint density at radius 1 is 0.950 bits per heavy atom. The number of aromatic nitrogens is 1. The first-order chi connectivity index (χ1) is 9.74. The van der Waals surface area contributed by atoms with Crippen molar-refractivity contribution < 1.29 is 4.74 Å². The number of benzene rings is 2. The predicted octanol–water partition coefficient (Wildman–Crippen LogP) is 4.68. The molecular weight excluding hydrogens is 246 g/mol. The number of para-hydroxylation sites is 2. The molecule has 2 aromatic carbocycles. The number of pyridine rings is 1. The molecule has 0 saturated heterocycles. The lowest BCUT2D eigenvalue weighted by Gasteiger charge is -2.15. The third kappa shape index (κ3) is 2.50. The molecule has 3 aromatic rings. The summed E-state index contributed by atoms with van der Waals surface area (Å²) in [4.78, 5) is 4.71. The van der Waals surface area contributed by atoms with Gasteiger partial charge in [-0.3, -0.25) is 0 Å². The van der Waals surface area contributed by atoms with E-state index in [4.69, 9.17) is 9.72 Å². The van der Waals surface area contributed by atoms with Crippen LogP contribution >= 0.6 is 0 Å². The van der Waals surface area contributed by atoms with E-state index in [1.54, 1.807) is 0 Å². The van der Waals surface area contributed by atoms with Gasteiger partial charge < -0.3 is 4.74 Å². The van der Waals surface area contributed by atoms with Crippen molar-refractivity contribution in [2.24, 2.45) is 0 Å². The Morgan fingerprint density at radius 3 is 2.45 bits per heavy atom. The number of rotatable bonds is 3. The molecule has 0 amide bonds. The topological polar surface area (TPSA) is 22.1 Å². The Bertz CT molecular complexity index is 722. The molecule has 0 radical (unpaired) electrons. The van der Waals surface area contributed by atoms with E-state index in [0.29, 0.717) is 0 Å². The first-order valence-electron chi connectivity index (χ1n) is 6.82. The van der Waals surface area contributed by atoms with Gasteiger partial charge in [-0.25, -0.2) is 4.98 Å². The van der Waals surface area contributed by atoms with Crippen LogP contribution < -0.4 is 4.74 Å². The van der Waals surface area contributed by atoms with E-state index in [1.165, 1.54) is 10.9 Å². The lowest BCUT2D eigenvalue weighted by molar-refractivity contribution is 0.222. The summed E-state index contributed by atoms with van der Waals surface area (Å²) in [6.45, 7) is 4.15. The van der Waals surface area contributed by atoms with Crippen molar-refractivity contribution in [2.75, 3.05) is 0 Å². The maximum absolute atomic E-state index is 5.94. The van der Waals surface area contributed by atoms with Crippen LogP contribution in [0.2, 0.25) is 0 Å². The van der Waals surface area contributed by atoms with Crippen LogP contribution in [0.3, 0.4) is 0 Å². The van der Waals surface area contributed by atoms with Gasteiger partial charge in [-0.15, -0.1) is 0 Å². The van der Waals surface area contributed by atoms with E-state index in [2.05, 4.69) is 19.1 Å². The van der Waals surface area contributed by atoms with E-state index in [1.807, 2.05) is 55.5 Å². The third-order valence-corrected chi connectivity index (χ3v) is 3.42. The van der Waals surface area contributed by atoms with E-state index in [9.17, 15) is 0 Å². The molecule has 1 atom stereocenters. The molecule has 0 N–H and O–H groups in total. The number of nitrogens with zero attached hydrogens (tertiary/aromatic N) is 1. The van der Waals surface area contributed by atoms with Gasteiger partial charge in [0.05, 0.1) is 11.2 Å². The molecule has 0 aliphatic carbocycles. The largest absolute Gasteiger partial charge is 0.484 e. The minimum Gasteiger partial charge on any atom is -0.484 e. The average molecular weight is 263 g/mol. The van der Waals surface area contributed by atoms with Crippen molar-refractivity contribution in [1.82, 2.24) is 4.98 Å². The SMILES string of the molecule is Cc1cc(C(C)Oc2ccccc2)nc2ccccc12. The lowest BCUT2D eigenvalue weighted by Crippen LogP contribution is -2.06. The molecular formula is C18H17NO. The number of fused-ring (bicyclic) bond motifs is 1. The number of hydrogen-bond acceptors (Lipinski definition) is 2. The normalized spacial score (nSPS) is 12.3. The molecule has 2 heteroatoms. The molecule has 0 aliphatic heterocycles. The second-order valence-electron chi connectivity index (χ2n) is 4.95. The molecule has 20 heavy (non-hydrogen) atoms. The monoisotopic (exact) mass is 263 g/mol. The molecule has 1 unspecified atom stereocenters. The highest BCUT2D eigenvalue weighted by Gasteiger charge is 2.11. The summed E-state index contributed by atoms with van der Waals surface area (Å²) >= 11 is 0. The predicted molar refractivity (Wildman–Crippen MR) is 82.0 cm³/mol.